The van der Waals surface area contributed by atoms with Crippen LogP contribution in [0, 0.1) is 11.8 Å². The summed E-state index contributed by atoms with van der Waals surface area (Å²) < 4.78 is 5.52. The molecule has 0 aromatic heterocycles. The first-order valence-electron chi connectivity index (χ1n) is 9.43. The maximum atomic E-state index is 6.13. The first kappa shape index (κ1) is 15.2. The molecule has 1 saturated heterocycles. The third-order valence-electron chi connectivity index (χ3n) is 6.88. The monoisotopic (exact) mass is 344 g/mol. The molecule has 1 spiro atoms. The summed E-state index contributed by atoms with van der Waals surface area (Å²) in [4.78, 5) is 7.94. The molecular formula is C20H25ClN2O. The Hall–Kier alpha value is -1.06. The SMILES string of the molecule is Clc1ccc([C@@H]2[C@H]3CC[C@H](C3)[C@]23CCC(N2CCOCC2)=N3)cc1. The second-order valence-electron chi connectivity index (χ2n) is 7.92. The molecule has 3 nitrogen and oxygen atoms in total. The molecule has 2 aliphatic carbocycles. The number of hydrogen-bond donors (Lipinski definition) is 0. The number of ether oxygens (including phenoxy) is 1. The Morgan fingerprint density at radius 3 is 2.71 bits per heavy atom. The van der Waals surface area contributed by atoms with Crippen molar-refractivity contribution >= 4 is 17.4 Å². The summed E-state index contributed by atoms with van der Waals surface area (Å²) in [6.07, 6.45) is 6.49. The minimum atomic E-state index is 0.157. The molecule has 1 aromatic rings. The summed E-state index contributed by atoms with van der Waals surface area (Å²) in [7, 11) is 0. The largest absolute Gasteiger partial charge is 0.378 e. The van der Waals surface area contributed by atoms with Gasteiger partial charge >= 0.3 is 0 Å². The zero-order chi connectivity index (χ0) is 16.1. The molecule has 2 heterocycles. The van der Waals surface area contributed by atoms with Crippen LogP contribution in [0.4, 0.5) is 0 Å². The number of rotatable bonds is 1. The van der Waals surface area contributed by atoms with E-state index in [-0.39, 0.29) is 5.54 Å². The van der Waals surface area contributed by atoms with E-state index < -0.39 is 0 Å². The fourth-order valence-corrected chi connectivity index (χ4v) is 6.03. The summed E-state index contributed by atoms with van der Waals surface area (Å²) in [5, 5.41) is 0.833. The molecule has 24 heavy (non-hydrogen) atoms. The van der Waals surface area contributed by atoms with Gasteiger partial charge in [0.2, 0.25) is 0 Å². The molecule has 2 aliphatic heterocycles. The van der Waals surface area contributed by atoms with Gasteiger partial charge in [-0.2, -0.15) is 0 Å². The highest BCUT2D eigenvalue weighted by Crippen LogP contribution is 2.63. The number of aliphatic imine (C=N–C) groups is 1. The predicted octanol–water partition coefficient (Wildman–Crippen LogP) is 4.12. The number of benzene rings is 1. The van der Waals surface area contributed by atoms with Gasteiger partial charge in [-0.05, 0) is 55.2 Å². The van der Waals surface area contributed by atoms with Crippen LogP contribution in [0.15, 0.2) is 29.3 Å². The minimum Gasteiger partial charge on any atom is -0.378 e. The maximum Gasteiger partial charge on any atom is 0.0998 e. The van der Waals surface area contributed by atoms with Crippen LogP contribution in [0.3, 0.4) is 0 Å². The number of fused-ring (bicyclic) bond motifs is 3. The fourth-order valence-electron chi connectivity index (χ4n) is 5.90. The zero-order valence-corrected chi connectivity index (χ0v) is 14.8. The molecule has 2 bridgehead atoms. The van der Waals surface area contributed by atoms with Gasteiger partial charge in [-0.3, -0.25) is 4.99 Å². The van der Waals surface area contributed by atoms with Crippen molar-refractivity contribution in [2.24, 2.45) is 16.8 Å². The van der Waals surface area contributed by atoms with Crippen LogP contribution in [0.25, 0.3) is 0 Å². The van der Waals surface area contributed by atoms with Crippen molar-refractivity contribution in [1.29, 1.82) is 0 Å². The average molecular weight is 345 g/mol. The van der Waals surface area contributed by atoms with Crippen molar-refractivity contribution < 1.29 is 4.74 Å². The van der Waals surface area contributed by atoms with Crippen LogP contribution in [0.1, 0.15) is 43.6 Å². The molecule has 5 rings (SSSR count). The molecule has 128 valence electrons. The summed E-state index contributed by atoms with van der Waals surface area (Å²) in [5.74, 6) is 3.53. The highest BCUT2D eigenvalue weighted by Gasteiger charge is 2.60. The Morgan fingerprint density at radius 1 is 1.12 bits per heavy atom. The molecule has 1 aromatic carbocycles. The Bertz CT molecular complexity index is 652. The van der Waals surface area contributed by atoms with Crippen LogP contribution in [0.2, 0.25) is 5.02 Å². The lowest BCUT2D eigenvalue weighted by molar-refractivity contribution is 0.0674. The lowest BCUT2D eigenvalue weighted by atomic mass is 9.69. The van der Waals surface area contributed by atoms with E-state index in [0.717, 1.165) is 49.6 Å². The molecule has 0 radical (unpaired) electrons. The average Bonchev–Trinajstić information content (AvgIpc) is 3.32. The number of halogens is 1. The van der Waals surface area contributed by atoms with Crippen LogP contribution in [-0.4, -0.2) is 42.6 Å². The lowest BCUT2D eigenvalue weighted by Gasteiger charge is -2.39. The Morgan fingerprint density at radius 2 is 1.92 bits per heavy atom. The van der Waals surface area contributed by atoms with Gasteiger partial charge in [-0.1, -0.05) is 23.7 Å². The number of nitrogens with zero attached hydrogens (tertiary/aromatic N) is 2. The van der Waals surface area contributed by atoms with E-state index in [4.69, 9.17) is 21.3 Å². The summed E-state index contributed by atoms with van der Waals surface area (Å²) in [5.41, 5.74) is 1.61. The van der Waals surface area contributed by atoms with Gasteiger partial charge < -0.3 is 9.64 Å². The van der Waals surface area contributed by atoms with Crippen molar-refractivity contribution in [2.45, 2.75) is 43.6 Å². The molecular weight excluding hydrogens is 320 g/mol. The second-order valence-corrected chi connectivity index (χ2v) is 8.35. The van der Waals surface area contributed by atoms with Gasteiger partial charge in [0.05, 0.1) is 24.6 Å². The Labute approximate surface area is 149 Å². The normalized spacial score (nSPS) is 38.1. The van der Waals surface area contributed by atoms with Crippen LogP contribution >= 0.6 is 11.6 Å². The first-order chi connectivity index (χ1) is 11.8. The molecule has 2 saturated carbocycles. The second kappa shape index (κ2) is 5.74. The smallest absolute Gasteiger partial charge is 0.0998 e. The highest BCUT2D eigenvalue weighted by molar-refractivity contribution is 6.30. The van der Waals surface area contributed by atoms with Crippen LogP contribution in [0.5, 0.6) is 0 Å². The highest BCUT2D eigenvalue weighted by atomic mass is 35.5. The summed E-state index contributed by atoms with van der Waals surface area (Å²) >= 11 is 6.13. The van der Waals surface area contributed by atoms with Crippen molar-refractivity contribution in [3.63, 3.8) is 0 Å². The van der Waals surface area contributed by atoms with Crippen molar-refractivity contribution in [3.8, 4) is 0 Å². The molecule has 0 N–H and O–H groups in total. The Balaban J connectivity index is 1.50. The van der Waals surface area contributed by atoms with Gasteiger partial charge in [0.25, 0.3) is 0 Å². The molecule has 4 heteroatoms. The third kappa shape index (κ3) is 2.24. The quantitative estimate of drug-likeness (QED) is 0.765. The number of morpholine rings is 1. The van der Waals surface area contributed by atoms with E-state index >= 15 is 0 Å². The van der Waals surface area contributed by atoms with Gasteiger partial charge in [0.15, 0.2) is 0 Å². The van der Waals surface area contributed by atoms with Gasteiger partial charge in [0, 0.05) is 30.5 Å². The Kier molecular flexibility index (Phi) is 3.64. The lowest BCUT2D eigenvalue weighted by Crippen LogP contribution is -2.41. The zero-order valence-electron chi connectivity index (χ0n) is 14.1. The third-order valence-corrected chi connectivity index (χ3v) is 7.13. The molecule has 4 aliphatic rings. The van der Waals surface area contributed by atoms with Crippen molar-refractivity contribution in [3.05, 3.63) is 34.9 Å². The van der Waals surface area contributed by atoms with Crippen molar-refractivity contribution in [1.82, 2.24) is 4.90 Å². The van der Waals surface area contributed by atoms with E-state index in [2.05, 4.69) is 29.2 Å². The predicted molar refractivity (Wildman–Crippen MR) is 96.8 cm³/mol. The van der Waals surface area contributed by atoms with Gasteiger partial charge in [-0.15, -0.1) is 0 Å². The number of hydrogen-bond acceptors (Lipinski definition) is 3. The topological polar surface area (TPSA) is 24.8 Å². The summed E-state index contributed by atoms with van der Waals surface area (Å²) in [6, 6.07) is 8.60. The van der Waals surface area contributed by atoms with Gasteiger partial charge in [0.1, 0.15) is 0 Å². The van der Waals surface area contributed by atoms with E-state index in [1.54, 1.807) is 0 Å². The summed E-state index contributed by atoms with van der Waals surface area (Å²) in [6.45, 7) is 3.71. The van der Waals surface area contributed by atoms with Gasteiger partial charge in [-0.25, -0.2) is 0 Å². The van der Waals surface area contributed by atoms with Crippen molar-refractivity contribution in [2.75, 3.05) is 26.3 Å². The first-order valence-corrected chi connectivity index (χ1v) is 9.81. The number of amidine groups is 1. The standard InChI is InChI=1S/C20H25ClN2O/c21-17-5-2-14(3-6-17)19-15-1-4-16(13-15)20(19)8-7-18(22-20)23-9-11-24-12-10-23/h2-3,5-6,15-16,19H,1,4,7-13H2/t15-,16+,19+,20+/m0/s1. The van der Waals surface area contributed by atoms with Crippen LogP contribution < -0.4 is 0 Å². The molecule has 3 fully saturated rings. The van der Waals surface area contributed by atoms with Crippen LogP contribution in [-0.2, 0) is 4.74 Å². The molecule has 4 atom stereocenters. The van der Waals surface area contributed by atoms with E-state index in [9.17, 15) is 0 Å². The van der Waals surface area contributed by atoms with E-state index in [0.29, 0.717) is 5.92 Å². The van der Waals surface area contributed by atoms with E-state index in [1.165, 1.54) is 37.1 Å². The molecule has 0 unspecified atom stereocenters. The van der Waals surface area contributed by atoms with E-state index in [1.807, 2.05) is 0 Å². The fraction of sp³-hybridized carbons (Fsp3) is 0.650. The maximum absolute atomic E-state index is 6.13. The molecule has 0 amide bonds. The minimum absolute atomic E-state index is 0.157.